The molecule has 0 saturated carbocycles. The number of carbonyl (C=O) groups is 1. The van der Waals surface area contributed by atoms with E-state index in [4.69, 9.17) is 4.74 Å². The highest BCUT2D eigenvalue weighted by molar-refractivity contribution is 5.69. The van der Waals surface area contributed by atoms with Crippen molar-refractivity contribution in [2.75, 3.05) is 6.54 Å². The van der Waals surface area contributed by atoms with Gasteiger partial charge >= 0.3 is 6.09 Å². The van der Waals surface area contributed by atoms with E-state index in [2.05, 4.69) is 10.3 Å². The van der Waals surface area contributed by atoms with Gasteiger partial charge in [-0.05, 0) is 51.7 Å². The number of benzene rings is 1. The van der Waals surface area contributed by atoms with Gasteiger partial charge in [-0.1, -0.05) is 31.2 Å². The molecule has 1 N–H and O–H groups in total. The number of nitro groups is 1. The average molecular weight is 385 g/mol. The molecule has 0 fully saturated rings. The first kappa shape index (κ1) is 21.3. The van der Waals surface area contributed by atoms with E-state index in [0.29, 0.717) is 12.2 Å². The lowest BCUT2D eigenvalue weighted by atomic mass is 9.96. The van der Waals surface area contributed by atoms with E-state index in [0.717, 1.165) is 22.4 Å². The zero-order chi connectivity index (χ0) is 21.1. The van der Waals surface area contributed by atoms with E-state index in [1.807, 2.05) is 58.9 Å². The Morgan fingerprint density at radius 3 is 2.36 bits per heavy atom. The summed E-state index contributed by atoms with van der Waals surface area (Å²) in [6.07, 6.45) is -0.440. The number of aryl methyl sites for hydroxylation is 2. The van der Waals surface area contributed by atoms with E-state index in [1.165, 1.54) is 0 Å². The number of amides is 1. The number of pyridine rings is 1. The fourth-order valence-corrected chi connectivity index (χ4v) is 2.85. The van der Waals surface area contributed by atoms with Gasteiger partial charge in [0, 0.05) is 23.9 Å². The summed E-state index contributed by atoms with van der Waals surface area (Å²) in [7, 11) is 0. The molecule has 1 heterocycles. The predicted molar refractivity (Wildman–Crippen MR) is 108 cm³/mol. The summed E-state index contributed by atoms with van der Waals surface area (Å²) in [5.74, 6) is 0.0909. The van der Waals surface area contributed by atoms with Crippen LogP contribution in [0, 0.1) is 24.0 Å². The fourth-order valence-electron chi connectivity index (χ4n) is 2.85. The molecule has 0 aliphatic heterocycles. The highest BCUT2D eigenvalue weighted by atomic mass is 16.6. The second kappa shape index (κ2) is 8.37. The van der Waals surface area contributed by atoms with Crippen LogP contribution in [-0.4, -0.2) is 28.1 Å². The van der Waals surface area contributed by atoms with Gasteiger partial charge in [-0.3, -0.25) is 15.1 Å². The van der Waals surface area contributed by atoms with Crippen LogP contribution in [0.3, 0.4) is 0 Å². The lowest BCUT2D eigenvalue weighted by Crippen LogP contribution is -2.34. The Morgan fingerprint density at radius 1 is 1.21 bits per heavy atom. The van der Waals surface area contributed by atoms with E-state index >= 15 is 0 Å². The van der Waals surface area contributed by atoms with Crippen LogP contribution in [0.5, 0.6) is 0 Å². The van der Waals surface area contributed by atoms with Gasteiger partial charge in [-0.15, -0.1) is 0 Å². The summed E-state index contributed by atoms with van der Waals surface area (Å²) in [5.41, 5.74) is 3.29. The predicted octanol–water partition coefficient (Wildman–Crippen LogP) is 4.90. The van der Waals surface area contributed by atoms with Gasteiger partial charge in [0.2, 0.25) is 0 Å². The normalized spacial score (nSPS) is 12.4. The molecule has 1 amide bonds. The van der Waals surface area contributed by atoms with Crippen LogP contribution in [0.25, 0.3) is 11.1 Å². The lowest BCUT2D eigenvalue weighted by molar-refractivity contribution is -0.385. The Morgan fingerprint density at radius 2 is 1.82 bits per heavy atom. The molecule has 1 aromatic carbocycles. The van der Waals surface area contributed by atoms with Crippen molar-refractivity contribution in [3.8, 4) is 11.1 Å². The van der Waals surface area contributed by atoms with Crippen LogP contribution < -0.4 is 5.32 Å². The Bertz CT molecular complexity index is 870. The Hall–Kier alpha value is -2.96. The molecular weight excluding hydrogens is 358 g/mol. The quantitative estimate of drug-likeness (QED) is 0.583. The summed E-state index contributed by atoms with van der Waals surface area (Å²) >= 11 is 0. The van der Waals surface area contributed by atoms with Gasteiger partial charge in [-0.2, -0.15) is 0 Å². The minimum absolute atomic E-state index is 0.0135. The molecule has 0 spiro atoms. The van der Waals surface area contributed by atoms with Gasteiger partial charge in [0.1, 0.15) is 11.3 Å². The zero-order valence-corrected chi connectivity index (χ0v) is 17.2. The second-order valence-electron chi connectivity index (χ2n) is 7.89. The van der Waals surface area contributed by atoms with Crippen LogP contribution in [0.4, 0.5) is 10.5 Å². The highest BCUT2D eigenvalue weighted by Crippen LogP contribution is 2.29. The van der Waals surface area contributed by atoms with Crippen molar-refractivity contribution in [2.24, 2.45) is 0 Å². The minimum Gasteiger partial charge on any atom is -0.444 e. The van der Waals surface area contributed by atoms with Crippen molar-refractivity contribution in [1.29, 1.82) is 0 Å². The molecule has 150 valence electrons. The Balaban J connectivity index is 2.12. The largest absolute Gasteiger partial charge is 0.444 e. The number of aromatic nitrogens is 1. The number of nitrogens with one attached hydrogen (secondary N) is 1. The van der Waals surface area contributed by atoms with Gasteiger partial charge in [-0.25, -0.2) is 4.79 Å². The fraction of sp³-hybridized carbons (Fsp3) is 0.429. The molecule has 2 aromatic rings. The molecule has 1 atom stereocenters. The van der Waals surface area contributed by atoms with Crippen LogP contribution in [0.2, 0.25) is 0 Å². The molecular formula is C21H27N3O4. The Kier molecular flexibility index (Phi) is 6.38. The Labute approximate surface area is 165 Å². The van der Waals surface area contributed by atoms with Gasteiger partial charge in [0.15, 0.2) is 0 Å². The van der Waals surface area contributed by atoms with E-state index in [1.54, 1.807) is 13.0 Å². The lowest BCUT2D eigenvalue weighted by Gasteiger charge is -2.21. The zero-order valence-electron chi connectivity index (χ0n) is 17.2. The number of ether oxygens (including phenoxy) is 1. The first-order valence-electron chi connectivity index (χ1n) is 9.17. The molecule has 28 heavy (non-hydrogen) atoms. The SMILES string of the molecule is Cc1nc(C)c([N+](=O)[O-])cc1-c1ccc(C(C)CNC(=O)OC(C)(C)C)cc1. The number of hydrogen-bond donors (Lipinski definition) is 1. The molecule has 0 bridgehead atoms. The highest BCUT2D eigenvalue weighted by Gasteiger charge is 2.18. The van der Waals surface area contributed by atoms with Crippen molar-refractivity contribution < 1.29 is 14.5 Å². The molecule has 0 aliphatic carbocycles. The molecule has 1 aromatic heterocycles. The maximum Gasteiger partial charge on any atom is 0.407 e. The van der Waals surface area contributed by atoms with Crippen molar-refractivity contribution in [3.63, 3.8) is 0 Å². The second-order valence-corrected chi connectivity index (χ2v) is 7.89. The summed E-state index contributed by atoms with van der Waals surface area (Å²) in [6.45, 7) is 11.4. The van der Waals surface area contributed by atoms with Crippen LogP contribution >= 0.6 is 0 Å². The first-order chi connectivity index (χ1) is 13.0. The third kappa shape index (κ3) is 5.52. The number of rotatable bonds is 5. The van der Waals surface area contributed by atoms with Crippen molar-refractivity contribution in [3.05, 3.63) is 57.4 Å². The van der Waals surface area contributed by atoms with Gasteiger partial charge in [0.05, 0.1) is 4.92 Å². The van der Waals surface area contributed by atoms with E-state index < -0.39 is 16.6 Å². The summed E-state index contributed by atoms with van der Waals surface area (Å²) in [4.78, 5) is 26.9. The summed E-state index contributed by atoms with van der Waals surface area (Å²) < 4.78 is 5.24. The molecule has 0 aliphatic rings. The molecule has 7 nitrogen and oxygen atoms in total. The van der Waals surface area contributed by atoms with Gasteiger partial charge < -0.3 is 10.1 Å². The molecule has 2 rings (SSSR count). The van der Waals surface area contributed by atoms with Crippen molar-refractivity contribution in [2.45, 2.75) is 53.1 Å². The monoisotopic (exact) mass is 385 g/mol. The first-order valence-corrected chi connectivity index (χ1v) is 9.17. The summed E-state index contributed by atoms with van der Waals surface area (Å²) in [6, 6.07) is 9.33. The van der Waals surface area contributed by atoms with Crippen LogP contribution in [-0.2, 0) is 4.74 Å². The number of alkyl carbamates (subject to hydrolysis) is 1. The minimum atomic E-state index is -0.530. The maximum absolute atomic E-state index is 11.8. The smallest absolute Gasteiger partial charge is 0.407 e. The summed E-state index contributed by atoms with van der Waals surface area (Å²) in [5, 5.41) is 14.0. The van der Waals surface area contributed by atoms with Gasteiger partial charge in [0.25, 0.3) is 5.69 Å². The standard InChI is InChI=1S/C21H27N3O4/c1-13(12-22-20(25)28-21(4,5)6)16-7-9-17(10-8-16)18-11-19(24(26)27)15(3)23-14(18)2/h7-11,13H,12H2,1-6H3,(H,22,25). The van der Waals surface area contributed by atoms with E-state index in [-0.39, 0.29) is 11.6 Å². The molecule has 1 unspecified atom stereocenters. The topological polar surface area (TPSA) is 94.4 Å². The number of carbonyl (C=O) groups excluding carboxylic acids is 1. The van der Waals surface area contributed by atoms with Crippen molar-refractivity contribution >= 4 is 11.8 Å². The number of nitrogens with zero attached hydrogens (tertiary/aromatic N) is 2. The maximum atomic E-state index is 11.8. The van der Waals surface area contributed by atoms with Crippen molar-refractivity contribution in [1.82, 2.24) is 10.3 Å². The third-order valence-electron chi connectivity index (χ3n) is 4.32. The molecule has 0 saturated heterocycles. The van der Waals surface area contributed by atoms with Crippen LogP contribution in [0.15, 0.2) is 30.3 Å². The molecule has 7 heteroatoms. The van der Waals surface area contributed by atoms with E-state index in [9.17, 15) is 14.9 Å². The van der Waals surface area contributed by atoms with Crippen LogP contribution in [0.1, 0.15) is 50.6 Å². The number of hydrogen-bond acceptors (Lipinski definition) is 5. The molecule has 0 radical (unpaired) electrons. The third-order valence-corrected chi connectivity index (χ3v) is 4.32. The average Bonchev–Trinajstić information content (AvgIpc) is 2.58.